The molecule has 24 heavy (non-hydrogen) atoms. The van der Waals surface area contributed by atoms with E-state index in [4.69, 9.17) is 10.5 Å². The number of rotatable bonds is 6. The van der Waals surface area contributed by atoms with Gasteiger partial charge in [-0.1, -0.05) is 36.4 Å². The van der Waals surface area contributed by atoms with Crippen molar-refractivity contribution in [3.8, 4) is 5.75 Å². The van der Waals surface area contributed by atoms with Crippen molar-refractivity contribution in [3.63, 3.8) is 0 Å². The van der Waals surface area contributed by atoms with E-state index < -0.39 is 0 Å². The number of nitrogens with zero attached hydrogens (tertiary/aromatic N) is 1. The molecule has 4 heteroatoms. The lowest BCUT2D eigenvalue weighted by Gasteiger charge is -2.35. The maximum atomic E-state index is 11.8. The van der Waals surface area contributed by atoms with Gasteiger partial charge in [0.25, 0.3) is 0 Å². The molecule has 2 aromatic rings. The van der Waals surface area contributed by atoms with Crippen molar-refractivity contribution in [1.29, 1.82) is 0 Å². The molecule has 0 saturated heterocycles. The van der Waals surface area contributed by atoms with Gasteiger partial charge in [0.05, 0.1) is 12.6 Å². The fourth-order valence-electron chi connectivity index (χ4n) is 3.26. The molecule has 2 aromatic carbocycles. The van der Waals surface area contributed by atoms with Crippen molar-refractivity contribution in [2.24, 2.45) is 5.73 Å². The zero-order valence-electron chi connectivity index (χ0n) is 14.1. The highest BCUT2D eigenvalue weighted by Crippen LogP contribution is 2.23. The molecule has 0 bridgehead atoms. The van der Waals surface area contributed by atoms with Gasteiger partial charge in [-0.3, -0.25) is 9.69 Å². The molecule has 1 atom stereocenters. The van der Waals surface area contributed by atoms with Crippen molar-refractivity contribution in [3.05, 3.63) is 65.2 Å². The molecule has 3 rings (SSSR count). The maximum Gasteiger partial charge on any atom is 0.235 e. The highest BCUT2D eigenvalue weighted by atomic mass is 16.5. The van der Waals surface area contributed by atoms with Crippen molar-refractivity contribution in [2.75, 3.05) is 13.2 Å². The first-order valence-corrected chi connectivity index (χ1v) is 8.43. The highest BCUT2D eigenvalue weighted by molar-refractivity contribution is 5.80. The molecule has 126 valence electrons. The van der Waals surface area contributed by atoms with Crippen molar-refractivity contribution < 1.29 is 9.53 Å². The van der Waals surface area contributed by atoms with E-state index >= 15 is 0 Å². The van der Waals surface area contributed by atoms with E-state index in [-0.39, 0.29) is 11.9 Å². The fourth-order valence-corrected chi connectivity index (χ4v) is 3.26. The minimum Gasteiger partial charge on any atom is -0.494 e. The number of fused-ring (bicyclic) bond motifs is 1. The van der Waals surface area contributed by atoms with Crippen LogP contribution in [0.25, 0.3) is 0 Å². The Morgan fingerprint density at radius 2 is 2.00 bits per heavy atom. The van der Waals surface area contributed by atoms with Gasteiger partial charge in [0, 0.05) is 13.1 Å². The standard InChI is InChI=1S/C20H24N2O2/c1-15-6-4-9-18(12-15)24-11-5-10-22-14-17-8-3-2-7-16(17)13-19(22)20(21)23/h2-4,6-9,12,19H,5,10-11,13-14H2,1H3,(H2,21,23)/t19-/m1/s1. The topological polar surface area (TPSA) is 55.6 Å². The lowest BCUT2D eigenvalue weighted by Crippen LogP contribution is -2.49. The first-order chi connectivity index (χ1) is 11.6. The van der Waals surface area contributed by atoms with Gasteiger partial charge in [-0.25, -0.2) is 0 Å². The van der Waals surface area contributed by atoms with E-state index in [1.165, 1.54) is 16.7 Å². The Hall–Kier alpha value is -2.33. The number of benzene rings is 2. The number of primary amides is 1. The summed E-state index contributed by atoms with van der Waals surface area (Å²) in [5, 5.41) is 0. The number of amides is 1. The molecular weight excluding hydrogens is 300 g/mol. The summed E-state index contributed by atoms with van der Waals surface area (Å²) in [6, 6.07) is 16.1. The van der Waals surface area contributed by atoms with Crippen LogP contribution in [-0.2, 0) is 17.8 Å². The molecule has 4 nitrogen and oxygen atoms in total. The minimum absolute atomic E-state index is 0.223. The fraction of sp³-hybridized carbons (Fsp3) is 0.350. The Morgan fingerprint density at radius 3 is 2.75 bits per heavy atom. The Kier molecular flexibility index (Phi) is 5.16. The Balaban J connectivity index is 1.56. The number of aryl methyl sites for hydroxylation is 1. The molecule has 0 aromatic heterocycles. The zero-order valence-corrected chi connectivity index (χ0v) is 14.1. The molecule has 0 spiro atoms. The van der Waals surface area contributed by atoms with Crippen molar-refractivity contribution in [1.82, 2.24) is 4.90 Å². The third-order valence-corrected chi connectivity index (χ3v) is 4.52. The van der Waals surface area contributed by atoms with Gasteiger partial charge in [-0.15, -0.1) is 0 Å². The molecule has 0 radical (unpaired) electrons. The van der Waals surface area contributed by atoms with E-state index in [1.54, 1.807) is 0 Å². The first kappa shape index (κ1) is 16.5. The lowest BCUT2D eigenvalue weighted by atomic mass is 9.93. The number of nitrogens with two attached hydrogens (primary N) is 1. The van der Waals surface area contributed by atoms with Gasteiger partial charge >= 0.3 is 0 Å². The van der Waals surface area contributed by atoms with Crippen LogP contribution in [0.3, 0.4) is 0 Å². The van der Waals surface area contributed by atoms with Gasteiger partial charge < -0.3 is 10.5 Å². The molecular formula is C20H24N2O2. The number of hydrogen-bond acceptors (Lipinski definition) is 3. The van der Waals surface area contributed by atoms with Crippen molar-refractivity contribution >= 4 is 5.91 Å². The Labute approximate surface area is 143 Å². The normalized spacial score (nSPS) is 17.3. The van der Waals surface area contributed by atoms with Crippen LogP contribution in [0.2, 0.25) is 0 Å². The van der Waals surface area contributed by atoms with Gasteiger partial charge in [0.2, 0.25) is 5.91 Å². The third kappa shape index (κ3) is 3.95. The van der Waals surface area contributed by atoms with E-state index in [0.29, 0.717) is 13.0 Å². The van der Waals surface area contributed by atoms with Crippen LogP contribution in [0.1, 0.15) is 23.1 Å². The van der Waals surface area contributed by atoms with Gasteiger partial charge in [-0.05, 0) is 48.6 Å². The summed E-state index contributed by atoms with van der Waals surface area (Å²) < 4.78 is 5.80. The lowest BCUT2D eigenvalue weighted by molar-refractivity contribution is -0.123. The number of carbonyl (C=O) groups is 1. The second-order valence-corrected chi connectivity index (χ2v) is 6.38. The predicted octanol–water partition coefficient (Wildman–Crippen LogP) is 2.68. The number of ether oxygens (including phenoxy) is 1. The second kappa shape index (κ2) is 7.49. The molecule has 2 N–H and O–H groups in total. The summed E-state index contributed by atoms with van der Waals surface area (Å²) >= 11 is 0. The molecule has 0 unspecified atom stereocenters. The van der Waals surface area contributed by atoms with Crippen molar-refractivity contribution in [2.45, 2.75) is 32.4 Å². The summed E-state index contributed by atoms with van der Waals surface area (Å²) in [4.78, 5) is 14.0. The average Bonchev–Trinajstić information content (AvgIpc) is 2.58. The SMILES string of the molecule is Cc1cccc(OCCCN2Cc3ccccc3C[C@@H]2C(N)=O)c1. The van der Waals surface area contributed by atoms with Crippen LogP contribution < -0.4 is 10.5 Å². The summed E-state index contributed by atoms with van der Waals surface area (Å²) in [5.74, 6) is 0.648. The molecule has 0 saturated carbocycles. The summed E-state index contributed by atoms with van der Waals surface area (Å²) in [6.07, 6.45) is 1.56. The predicted molar refractivity (Wildman–Crippen MR) is 94.8 cm³/mol. The second-order valence-electron chi connectivity index (χ2n) is 6.38. The average molecular weight is 324 g/mol. The number of carbonyl (C=O) groups excluding carboxylic acids is 1. The zero-order chi connectivity index (χ0) is 16.9. The van der Waals surface area contributed by atoms with Crippen LogP contribution in [0, 0.1) is 6.92 Å². The molecule has 1 heterocycles. The van der Waals surface area contributed by atoms with Crippen LogP contribution in [0.5, 0.6) is 5.75 Å². The molecule has 1 amide bonds. The summed E-state index contributed by atoms with van der Waals surface area (Å²) in [7, 11) is 0. The first-order valence-electron chi connectivity index (χ1n) is 8.43. The quantitative estimate of drug-likeness (QED) is 0.831. The van der Waals surface area contributed by atoms with Crippen LogP contribution in [0.4, 0.5) is 0 Å². The minimum atomic E-state index is -0.246. The third-order valence-electron chi connectivity index (χ3n) is 4.52. The summed E-state index contributed by atoms with van der Waals surface area (Å²) in [5.41, 5.74) is 9.32. The maximum absolute atomic E-state index is 11.8. The van der Waals surface area contributed by atoms with E-state index in [2.05, 4.69) is 30.0 Å². The molecule has 0 fully saturated rings. The largest absolute Gasteiger partial charge is 0.494 e. The van der Waals surface area contributed by atoms with Gasteiger partial charge in [-0.2, -0.15) is 0 Å². The smallest absolute Gasteiger partial charge is 0.235 e. The van der Waals surface area contributed by atoms with Gasteiger partial charge in [0.15, 0.2) is 0 Å². The summed E-state index contributed by atoms with van der Waals surface area (Å²) in [6.45, 7) is 4.25. The molecule has 1 aliphatic rings. The van der Waals surface area contributed by atoms with E-state index in [0.717, 1.165) is 25.3 Å². The Morgan fingerprint density at radius 1 is 1.21 bits per heavy atom. The van der Waals surface area contributed by atoms with Crippen LogP contribution >= 0.6 is 0 Å². The molecule has 1 aliphatic heterocycles. The van der Waals surface area contributed by atoms with Crippen LogP contribution in [-0.4, -0.2) is 30.0 Å². The van der Waals surface area contributed by atoms with E-state index in [1.807, 2.05) is 30.3 Å². The van der Waals surface area contributed by atoms with Crippen LogP contribution in [0.15, 0.2) is 48.5 Å². The highest BCUT2D eigenvalue weighted by Gasteiger charge is 2.29. The Bertz CT molecular complexity index is 714. The number of hydrogen-bond donors (Lipinski definition) is 1. The van der Waals surface area contributed by atoms with Gasteiger partial charge in [0.1, 0.15) is 5.75 Å². The monoisotopic (exact) mass is 324 g/mol. The van der Waals surface area contributed by atoms with E-state index in [9.17, 15) is 4.79 Å². The molecule has 0 aliphatic carbocycles.